The first kappa shape index (κ1) is 20.2. The van der Waals surface area contributed by atoms with Gasteiger partial charge < -0.3 is 19.9 Å². The molecule has 3 rings (SSSR count). The number of para-hydroxylation sites is 1. The van der Waals surface area contributed by atoms with Gasteiger partial charge in [-0.15, -0.1) is 24.0 Å². The lowest BCUT2D eigenvalue weighted by Gasteiger charge is -2.36. The van der Waals surface area contributed by atoms with Crippen molar-refractivity contribution in [3.63, 3.8) is 0 Å². The highest BCUT2D eigenvalue weighted by atomic mass is 127. The molecule has 0 unspecified atom stereocenters. The minimum atomic E-state index is 0. The Kier molecular flexibility index (Phi) is 8.39. The number of piperazine rings is 1. The first-order chi connectivity index (χ1) is 12.4. The van der Waals surface area contributed by atoms with Crippen LogP contribution in [0.3, 0.4) is 0 Å². The van der Waals surface area contributed by atoms with Gasteiger partial charge in [-0.05, 0) is 18.2 Å². The summed E-state index contributed by atoms with van der Waals surface area (Å²) in [6, 6.07) is 11.7. The normalized spacial score (nSPS) is 14.6. The van der Waals surface area contributed by atoms with Crippen LogP contribution in [0.1, 0.15) is 0 Å². The average molecular weight is 468 g/mol. The van der Waals surface area contributed by atoms with Crippen LogP contribution in [-0.2, 0) is 0 Å². The maximum absolute atomic E-state index is 5.70. The summed E-state index contributed by atoms with van der Waals surface area (Å²) in [5.74, 6) is 2.59. The van der Waals surface area contributed by atoms with E-state index in [1.54, 1.807) is 12.4 Å². The van der Waals surface area contributed by atoms with Crippen LogP contribution in [0.25, 0.3) is 0 Å². The number of guanidine groups is 1. The summed E-state index contributed by atoms with van der Waals surface area (Å²) < 4.78 is 5.70. The van der Waals surface area contributed by atoms with Crippen LogP contribution in [0, 0.1) is 0 Å². The van der Waals surface area contributed by atoms with Crippen molar-refractivity contribution in [2.75, 3.05) is 51.3 Å². The smallest absolute Gasteiger partial charge is 0.225 e. The number of hydrogen-bond acceptors (Lipinski definition) is 5. The quantitative estimate of drug-likeness (QED) is 0.313. The lowest BCUT2D eigenvalue weighted by atomic mass is 10.3. The molecule has 1 aliphatic rings. The maximum Gasteiger partial charge on any atom is 0.225 e. The molecule has 0 bridgehead atoms. The third-order valence-electron chi connectivity index (χ3n) is 4.02. The fraction of sp³-hybridized carbons (Fsp3) is 0.389. The van der Waals surface area contributed by atoms with E-state index in [2.05, 4.69) is 30.1 Å². The highest BCUT2D eigenvalue weighted by Gasteiger charge is 2.20. The molecule has 8 heteroatoms. The first-order valence-electron chi connectivity index (χ1n) is 8.52. The van der Waals surface area contributed by atoms with Crippen LogP contribution < -0.4 is 15.0 Å². The van der Waals surface area contributed by atoms with E-state index in [-0.39, 0.29) is 24.0 Å². The van der Waals surface area contributed by atoms with E-state index in [0.29, 0.717) is 13.2 Å². The summed E-state index contributed by atoms with van der Waals surface area (Å²) in [5.41, 5.74) is 0. The van der Waals surface area contributed by atoms with Crippen LogP contribution >= 0.6 is 24.0 Å². The minimum absolute atomic E-state index is 0. The molecule has 0 spiro atoms. The molecular weight excluding hydrogens is 443 g/mol. The van der Waals surface area contributed by atoms with Crippen LogP contribution in [0.5, 0.6) is 5.75 Å². The number of benzene rings is 1. The summed E-state index contributed by atoms with van der Waals surface area (Å²) in [6.45, 7) is 4.84. The molecule has 0 atom stereocenters. The van der Waals surface area contributed by atoms with Gasteiger partial charge in [-0.2, -0.15) is 0 Å². The SMILES string of the molecule is CN=C(NCCOc1ccccc1)N1CCN(c2ncccn2)CC1.I. The molecular formula is C18H25IN6O. The molecule has 0 aliphatic carbocycles. The molecule has 0 radical (unpaired) electrons. The van der Waals surface area contributed by atoms with Crippen LogP contribution in [0.2, 0.25) is 0 Å². The van der Waals surface area contributed by atoms with E-state index < -0.39 is 0 Å². The number of anilines is 1. The summed E-state index contributed by atoms with van der Waals surface area (Å²) >= 11 is 0. The number of aromatic nitrogens is 2. The van der Waals surface area contributed by atoms with E-state index in [9.17, 15) is 0 Å². The summed E-state index contributed by atoms with van der Waals surface area (Å²) in [6.07, 6.45) is 3.56. The molecule has 0 amide bonds. The van der Waals surface area contributed by atoms with Crippen molar-refractivity contribution in [1.82, 2.24) is 20.2 Å². The van der Waals surface area contributed by atoms with Crippen molar-refractivity contribution in [1.29, 1.82) is 0 Å². The fourth-order valence-electron chi connectivity index (χ4n) is 2.75. The Hall–Kier alpha value is -2.10. The molecule has 0 saturated carbocycles. The lowest BCUT2D eigenvalue weighted by Crippen LogP contribution is -2.53. The second-order valence-electron chi connectivity index (χ2n) is 5.66. The Morgan fingerprint density at radius 1 is 1.08 bits per heavy atom. The van der Waals surface area contributed by atoms with Gasteiger partial charge >= 0.3 is 0 Å². The van der Waals surface area contributed by atoms with Crippen molar-refractivity contribution in [3.05, 3.63) is 48.8 Å². The monoisotopic (exact) mass is 468 g/mol. The van der Waals surface area contributed by atoms with Gasteiger partial charge in [0.1, 0.15) is 12.4 Å². The van der Waals surface area contributed by atoms with E-state index >= 15 is 0 Å². The van der Waals surface area contributed by atoms with Gasteiger partial charge in [-0.25, -0.2) is 9.97 Å². The molecule has 1 aromatic heterocycles. The van der Waals surface area contributed by atoms with Crippen LogP contribution in [0.15, 0.2) is 53.8 Å². The summed E-state index contributed by atoms with van der Waals surface area (Å²) in [4.78, 5) is 17.5. The number of nitrogens with one attached hydrogen (secondary N) is 1. The zero-order valence-electron chi connectivity index (χ0n) is 14.9. The molecule has 140 valence electrons. The maximum atomic E-state index is 5.70. The van der Waals surface area contributed by atoms with Crippen molar-refractivity contribution in [2.24, 2.45) is 4.99 Å². The van der Waals surface area contributed by atoms with Crippen molar-refractivity contribution < 1.29 is 4.74 Å². The number of halogens is 1. The fourth-order valence-corrected chi connectivity index (χ4v) is 2.75. The molecule has 26 heavy (non-hydrogen) atoms. The second-order valence-corrected chi connectivity index (χ2v) is 5.66. The third kappa shape index (κ3) is 5.72. The Bertz CT molecular complexity index is 662. The van der Waals surface area contributed by atoms with E-state index in [4.69, 9.17) is 4.74 Å². The highest BCUT2D eigenvalue weighted by Crippen LogP contribution is 2.10. The average Bonchev–Trinajstić information content (AvgIpc) is 2.70. The molecule has 1 aromatic carbocycles. The Labute approximate surface area is 171 Å². The molecule has 2 heterocycles. The van der Waals surface area contributed by atoms with E-state index in [0.717, 1.165) is 43.8 Å². The van der Waals surface area contributed by atoms with Gasteiger partial charge in [-0.1, -0.05) is 18.2 Å². The number of hydrogen-bond donors (Lipinski definition) is 1. The Morgan fingerprint density at radius 2 is 1.77 bits per heavy atom. The van der Waals surface area contributed by atoms with Gasteiger partial charge in [0.25, 0.3) is 0 Å². The van der Waals surface area contributed by atoms with Gasteiger partial charge in [0, 0.05) is 45.6 Å². The Balaban J connectivity index is 0.00000243. The zero-order chi connectivity index (χ0) is 17.3. The molecule has 7 nitrogen and oxygen atoms in total. The molecule has 2 aromatic rings. The molecule has 1 N–H and O–H groups in total. The van der Waals surface area contributed by atoms with Crippen molar-refractivity contribution in [2.45, 2.75) is 0 Å². The summed E-state index contributed by atoms with van der Waals surface area (Å²) in [5, 5.41) is 3.37. The van der Waals surface area contributed by atoms with Gasteiger partial charge in [0.05, 0.1) is 6.54 Å². The van der Waals surface area contributed by atoms with E-state index in [1.807, 2.05) is 43.4 Å². The zero-order valence-corrected chi connectivity index (χ0v) is 17.2. The third-order valence-corrected chi connectivity index (χ3v) is 4.02. The van der Waals surface area contributed by atoms with Crippen molar-refractivity contribution >= 4 is 35.9 Å². The second kappa shape index (κ2) is 10.8. The van der Waals surface area contributed by atoms with E-state index in [1.165, 1.54) is 0 Å². The number of nitrogens with zero attached hydrogens (tertiary/aromatic N) is 5. The van der Waals surface area contributed by atoms with Gasteiger partial charge in [-0.3, -0.25) is 4.99 Å². The first-order valence-corrected chi connectivity index (χ1v) is 8.52. The lowest BCUT2D eigenvalue weighted by molar-refractivity contribution is 0.315. The summed E-state index contributed by atoms with van der Waals surface area (Å²) in [7, 11) is 1.81. The predicted octanol–water partition coefficient (Wildman–Crippen LogP) is 1.87. The number of ether oxygens (including phenoxy) is 1. The van der Waals surface area contributed by atoms with Crippen molar-refractivity contribution in [3.8, 4) is 5.75 Å². The molecule has 1 saturated heterocycles. The van der Waals surface area contributed by atoms with Gasteiger partial charge in [0.15, 0.2) is 5.96 Å². The highest BCUT2D eigenvalue weighted by molar-refractivity contribution is 14.0. The standard InChI is InChI=1S/C18H24N6O.HI/c1-19-17(22-10-15-25-16-6-3-2-4-7-16)23-11-13-24(14-12-23)18-20-8-5-9-21-18;/h2-9H,10-15H2,1H3,(H,19,22);1H. The van der Waals surface area contributed by atoms with Crippen LogP contribution in [-0.4, -0.2) is 67.2 Å². The number of aliphatic imine (C=N–C) groups is 1. The Morgan fingerprint density at radius 3 is 2.42 bits per heavy atom. The largest absolute Gasteiger partial charge is 0.492 e. The van der Waals surface area contributed by atoms with Crippen LogP contribution in [0.4, 0.5) is 5.95 Å². The predicted molar refractivity (Wildman–Crippen MR) is 115 cm³/mol. The minimum Gasteiger partial charge on any atom is -0.492 e. The number of rotatable bonds is 5. The molecule has 1 aliphatic heterocycles. The van der Waals surface area contributed by atoms with Gasteiger partial charge in [0.2, 0.25) is 5.95 Å². The topological polar surface area (TPSA) is 65.9 Å². The molecule has 1 fully saturated rings.